The quantitative estimate of drug-likeness (QED) is 0.357. The molecule has 0 heterocycles. The Balaban J connectivity index is 2.30. The molecule has 154 valence electrons. The summed E-state index contributed by atoms with van der Waals surface area (Å²) in [6.07, 6.45) is 3.46. The SMILES string of the molecule is C=CCc1cc(/C=C(/C#N)C(=O)NCc2ccccc2)cc(OC)c1OCC(=O)O. The fraction of sp³-hybridized carbons (Fsp3) is 0.174. The number of hydrogen-bond donors (Lipinski definition) is 2. The minimum Gasteiger partial charge on any atom is -0.493 e. The number of methoxy groups -OCH3 is 1. The molecule has 30 heavy (non-hydrogen) atoms. The smallest absolute Gasteiger partial charge is 0.341 e. The van der Waals surface area contributed by atoms with E-state index in [-0.39, 0.29) is 11.3 Å². The van der Waals surface area contributed by atoms with Gasteiger partial charge in [-0.25, -0.2) is 4.79 Å². The first-order valence-electron chi connectivity index (χ1n) is 9.08. The predicted molar refractivity (Wildman–Crippen MR) is 112 cm³/mol. The van der Waals surface area contributed by atoms with Crippen LogP contribution in [0.2, 0.25) is 0 Å². The molecule has 0 aliphatic heterocycles. The van der Waals surface area contributed by atoms with Gasteiger partial charge in [-0.05, 0) is 35.8 Å². The van der Waals surface area contributed by atoms with Crippen molar-refractivity contribution in [1.29, 1.82) is 5.26 Å². The Morgan fingerprint density at radius 1 is 1.27 bits per heavy atom. The number of carboxylic acids is 1. The molecule has 0 spiro atoms. The highest BCUT2D eigenvalue weighted by Gasteiger charge is 2.15. The van der Waals surface area contributed by atoms with Gasteiger partial charge >= 0.3 is 5.97 Å². The van der Waals surface area contributed by atoms with E-state index >= 15 is 0 Å². The molecule has 0 fully saturated rings. The van der Waals surface area contributed by atoms with E-state index in [2.05, 4.69) is 11.9 Å². The third-order valence-corrected chi connectivity index (χ3v) is 4.05. The largest absolute Gasteiger partial charge is 0.493 e. The lowest BCUT2D eigenvalue weighted by atomic mass is 10.0. The minimum atomic E-state index is -1.12. The van der Waals surface area contributed by atoms with Crippen LogP contribution in [0.4, 0.5) is 0 Å². The van der Waals surface area contributed by atoms with Crippen LogP contribution in [0.15, 0.2) is 60.7 Å². The summed E-state index contributed by atoms with van der Waals surface area (Å²) in [5.74, 6) is -1.04. The second kappa shape index (κ2) is 11.1. The van der Waals surface area contributed by atoms with E-state index in [0.717, 1.165) is 5.56 Å². The average Bonchev–Trinajstić information content (AvgIpc) is 2.75. The highest BCUT2D eigenvalue weighted by Crippen LogP contribution is 2.34. The number of aliphatic carboxylic acids is 1. The summed E-state index contributed by atoms with van der Waals surface area (Å²) in [6.45, 7) is 3.46. The molecule has 0 aliphatic rings. The van der Waals surface area contributed by atoms with Crippen LogP contribution in [0.1, 0.15) is 16.7 Å². The lowest BCUT2D eigenvalue weighted by molar-refractivity contribution is -0.139. The molecule has 0 bridgehead atoms. The van der Waals surface area contributed by atoms with E-state index in [1.165, 1.54) is 13.2 Å². The summed E-state index contributed by atoms with van der Waals surface area (Å²) < 4.78 is 10.7. The lowest BCUT2D eigenvalue weighted by Gasteiger charge is -2.15. The Kier molecular flexibility index (Phi) is 8.21. The van der Waals surface area contributed by atoms with Crippen LogP contribution in [-0.2, 0) is 22.6 Å². The third kappa shape index (κ3) is 6.24. The van der Waals surface area contributed by atoms with Crippen LogP contribution in [0, 0.1) is 11.3 Å². The van der Waals surface area contributed by atoms with Gasteiger partial charge in [0.05, 0.1) is 7.11 Å². The second-order valence-corrected chi connectivity index (χ2v) is 6.22. The topological polar surface area (TPSA) is 109 Å². The molecule has 0 saturated heterocycles. The number of allylic oxidation sites excluding steroid dienone is 1. The molecular weight excluding hydrogens is 384 g/mol. The lowest BCUT2D eigenvalue weighted by Crippen LogP contribution is -2.23. The number of nitrogens with one attached hydrogen (secondary N) is 1. The Morgan fingerprint density at radius 3 is 2.60 bits per heavy atom. The van der Waals surface area contributed by atoms with Crippen molar-refractivity contribution < 1.29 is 24.2 Å². The number of rotatable bonds is 10. The number of carboxylic acid groups (broad SMARTS) is 1. The van der Waals surface area contributed by atoms with Gasteiger partial charge in [-0.1, -0.05) is 36.4 Å². The van der Waals surface area contributed by atoms with Crippen molar-refractivity contribution in [1.82, 2.24) is 5.32 Å². The molecular formula is C23H22N2O5. The predicted octanol–water partition coefficient (Wildman–Crippen LogP) is 3.11. The normalized spacial score (nSPS) is 10.6. The summed E-state index contributed by atoms with van der Waals surface area (Å²) in [7, 11) is 1.42. The second-order valence-electron chi connectivity index (χ2n) is 6.22. The number of nitrogens with zero attached hydrogens (tertiary/aromatic N) is 1. The minimum absolute atomic E-state index is 0.0725. The molecule has 2 N–H and O–H groups in total. The van der Waals surface area contributed by atoms with Gasteiger partial charge in [-0.2, -0.15) is 5.26 Å². The van der Waals surface area contributed by atoms with Crippen molar-refractivity contribution >= 4 is 18.0 Å². The highest BCUT2D eigenvalue weighted by atomic mass is 16.5. The summed E-state index contributed by atoms with van der Waals surface area (Å²) in [5.41, 5.74) is 2.01. The monoisotopic (exact) mass is 406 g/mol. The number of amides is 1. The van der Waals surface area contributed by atoms with E-state index in [9.17, 15) is 14.9 Å². The first kappa shape index (κ1) is 22.2. The van der Waals surface area contributed by atoms with Crippen molar-refractivity contribution in [3.05, 3.63) is 77.4 Å². The van der Waals surface area contributed by atoms with Crippen LogP contribution in [0.5, 0.6) is 11.5 Å². The van der Waals surface area contributed by atoms with Crippen LogP contribution < -0.4 is 14.8 Å². The Bertz CT molecular complexity index is 991. The molecule has 2 rings (SSSR count). The van der Waals surface area contributed by atoms with E-state index in [1.807, 2.05) is 36.4 Å². The Morgan fingerprint density at radius 2 is 2.00 bits per heavy atom. The van der Waals surface area contributed by atoms with Crippen LogP contribution in [0.3, 0.4) is 0 Å². The maximum atomic E-state index is 12.4. The van der Waals surface area contributed by atoms with Crippen LogP contribution >= 0.6 is 0 Å². The summed E-state index contributed by atoms with van der Waals surface area (Å²) in [6, 6.07) is 14.5. The number of hydrogen-bond acceptors (Lipinski definition) is 5. The van der Waals surface area contributed by atoms with Crippen LogP contribution in [0.25, 0.3) is 6.08 Å². The molecule has 0 unspecified atom stereocenters. The van der Waals surface area contributed by atoms with Gasteiger partial charge in [0, 0.05) is 12.1 Å². The fourth-order valence-corrected chi connectivity index (χ4v) is 2.71. The number of nitriles is 1. The number of ether oxygens (including phenoxy) is 2. The zero-order chi connectivity index (χ0) is 21.9. The molecule has 0 saturated carbocycles. The van der Waals surface area contributed by atoms with Crippen molar-refractivity contribution in [3.63, 3.8) is 0 Å². The van der Waals surface area contributed by atoms with Gasteiger partial charge < -0.3 is 19.9 Å². The number of carbonyl (C=O) groups excluding carboxylic acids is 1. The van der Waals surface area contributed by atoms with Crippen molar-refractivity contribution in [2.75, 3.05) is 13.7 Å². The van der Waals surface area contributed by atoms with Gasteiger partial charge in [-0.3, -0.25) is 4.79 Å². The number of carbonyl (C=O) groups is 2. The molecule has 0 aliphatic carbocycles. The first-order chi connectivity index (χ1) is 14.5. The standard InChI is InChI=1S/C23H22N2O5/c1-3-7-18-10-17(12-20(29-2)22(18)30-15-21(26)27)11-19(13-24)23(28)25-14-16-8-5-4-6-9-16/h3-6,8-12H,1,7,14-15H2,2H3,(H,25,28)(H,26,27)/b19-11-. The van der Waals surface area contributed by atoms with Crippen molar-refractivity contribution in [3.8, 4) is 17.6 Å². The van der Waals surface area contributed by atoms with Gasteiger partial charge in [-0.15, -0.1) is 6.58 Å². The van der Waals surface area contributed by atoms with Crippen molar-refractivity contribution in [2.24, 2.45) is 0 Å². The molecule has 0 radical (unpaired) electrons. The first-order valence-corrected chi connectivity index (χ1v) is 9.08. The molecule has 2 aromatic carbocycles. The zero-order valence-electron chi connectivity index (χ0n) is 16.6. The maximum absolute atomic E-state index is 12.4. The van der Waals surface area contributed by atoms with Gasteiger partial charge in [0.15, 0.2) is 18.1 Å². The average molecular weight is 406 g/mol. The summed E-state index contributed by atoms with van der Waals surface area (Å²) in [5, 5.41) is 21.0. The molecule has 7 nitrogen and oxygen atoms in total. The Hall–Kier alpha value is -4.05. The maximum Gasteiger partial charge on any atom is 0.341 e. The van der Waals surface area contributed by atoms with E-state index in [0.29, 0.717) is 29.8 Å². The molecule has 1 amide bonds. The van der Waals surface area contributed by atoms with E-state index in [4.69, 9.17) is 14.6 Å². The zero-order valence-corrected chi connectivity index (χ0v) is 16.6. The van der Waals surface area contributed by atoms with Crippen LogP contribution in [-0.4, -0.2) is 30.7 Å². The summed E-state index contributed by atoms with van der Waals surface area (Å²) in [4.78, 5) is 23.3. The molecule has 0 aromatic heterocycles. The molecule has 7 heteroatoms. The van der Waals surface area contributed by atoms with E-state index < -0.39 is 18.5 Å². The highest BCUT2D eigenvalue weighted by molar-refractivity contribution is 6.01. The molecule has 0 atom stereocenters. The number of benzene rings is 2. The third-order valence-electron chi connectivity index (χ3n) is 4.05. The van der Waals surface area contributed by atoms with E-state index in [1.54, 1.807) is 18.2 Å². The van der Waals surface area contributed by atoms with Crippen molar-refractivity contribution in [2.45, 2.75) is 13.0 Å². The molecule has 2 aromatic rings. The fourth-order valence-electron chi connectivity index (χ4n) is 2.71. The van der Waals surface area contributed by atoms with Gasteiger partial charge in [0.1, 0.15) is 11.6 Å². The van der Waals surface area contributed by atoms with Gasteiger partial charge in [0.25, 0.3) is 5.91 Å². The Labute approximate surface area is 174 Å². The van der Waals surface area contributed by atoms with Gasteiger partial charge in [0.2, 0.25) is 0 Å². The summed E-state index contributed by atoms with van der Waals surface area (Å²) >= 11 is 0.